The van der Waals surface area contributed by atoms with Crippen LogP contribution in [0.2, 0.25) is 0 Å². The molecule has 0 unspecified atom stereocenters. The minimum Gasteiger partial charge on any atom is -0.310 e. The highest BCUT2D eigenvalue weighted by atomic mass is 15.2. The fourth-order valence-electron chi connectivity index (χ4n) is 8.53. The molecule has 1 aliphatic rings. The van der Waals surface area contributed by atoms with Gasteiger partial charge in [0.05, 0.1) is 11.4 Å². The van der Waals surface area contributed by atoms with E-state index in [4.69, 9.17) is 4.98 Å². The summed E-state index contributed by atoms with van der Waals surface area (Å²) in [5.41, 5.74) is 13.0. The van der Waals surface area contributed by atoms with E-state index in [-0.39, 0.29) is 5.41 Å². The predicted octanol–water partition coefficient (Wildman–Crippen LogP) is 14.3. The molecule has 0 amide bonds. The third-order valence-corrected chi connectivity index (χ3v) is 11.3. The van der Waals surface area contributed by atoms with Crippen LogP contribution in [0, 0.1) is 0 Å². The van der Waals surface area contributed by atoms with Crippen molar-refractivity contribution in [2.45, 2.75) is 19.3 Å². The molecular formula is C52H39N3. The van der Waals surface area contributed by atoms with Crippen molar-refractivity contribution in [3.8, 4) is 22.3 Å². The van der Waals surface area contributed by atoms with Gasteiger partial charge in [0.25, 0.3) is 0 Å². The molecule has 10 rings (SSSR count). The maximum absolute atomic E-state index is 5.19. The number of para-hydroxylation sites is 1. The zero-order chi connectivity index (χ0) is 36.9. The van der Waals surface area contributed by atoms with Crippen LogP contribution in [-0.2, 0) is 5.41 Å². The molecule has 3 nitrogen and oxygen atoms in total. The van der Waals surface area contributed by atoms with Crippen LogP contribution in [0.15, 0.2) is 200 Å². The molecule has 9 aromatic rings. The highest BCUT2D eigenvalue weighted by Crippen LogP contribution is 2.51. The fraction of sp³-hybridized carbons (Fsp3) is 0.0577. The predicted molar refractivity (Wildman–Crippen MR) is 232 cm³/mol. The van der Waals surface area contributed by atoms with Crippen molar-refractivity contribution in [3.05, 3.63) is 211 Å². The summed E-state index contributed by atoms with van der Waals surface area (Å²) in [4.78, 5) is 9.84. The van der Waals surface area contributed by atoms with Crippen LogP contribution in [0.5, 0.6) is 0 Å². The number of hydrogen-bond donors (Lipinski definition) is 0. The average molecular weight is 706 g/mol. The molecule has 0 saturated heterocycles. The lowest BCUT2D eigenvalue weighted by molar-refractivity contribution is 0.660. The maximum Gasteiger partial charge on any atom is 0.137 e. The third kappa shape index (κ3) is 5.55. The molecule has 0 bridgehead atoms. The van der Waals surface area contributed by atoms with Crippen LogP contribution in [0.3, 0.4) is 0 Å². The number of pyridine rings is 1. The summed E-state index contributed by atoms with van der Waals surface area (Å²) in [5.74, 6) is 0.871. The number of fused-ring (bicyclic) bond motifs is 5. The number of hydrogen-bond acceptors (Lipinski definition) is 3. The summed E-state index contributed by atoms with van der Waals surface area (Å²) in [6, 6.07) is 69.8. The summed E-state index contributed by atoms with van der Waals surface area (Å²) >= 11 is 0. The first-order chi connectivity index (χ1) is 27.0. The topological polar surface area (TPSA) is 19.4 Å². The molecule has 0 fully saturated rings. The van der Waals surface area contributed by atoms with Crippen molar-refractivity contribution in [1.82, 2.24) is 4.98 Å². The summed E-state index contributed by atoms with van der Waals surface area (Å²) in [5, 5.41) is 4.81. The van der Waals surface area contributed by atoms with E-state index in [1.165, 1.54) is 43.8 Å². The Labute approximate surface area is 322 Å². The lowest BCUT2D eigenvalue weighted by Crippen LogP contribution is -2.17. The first kappa shape index (κ1) is 32.7. The van der Waals surface area contributed by atoms with Crippen LogP contribution >= 0.6 is 0 Å². The number of anilines is 6. The lowest BCUT2D eigenvalue weighted by atomic mass is 9.82. The van der Waals surface area contributed by atoms with Crippen LogP contribution in [0.25, 0.3) is 43.8 Å². The van der Waals surface area contributed by atoms with E-state index in [9.17, 15) is 0 Å². The van der Waals surface area contributed by atoms with E-state index < -0.39 is 0 Å². The highest BCUT2D eigenvalue weighted by Gasteiger charge is 2.36. The standard InChI is InChI=1S/C52H39N3/c1-52(2)47-23-11-10-22-45(47)46-32-31-42(34-48(46)52)55(50-25-13-17-38-15-7-9-21-44(38)50)51-33-28-39(35-53-51)36-26-29-41(30-27-36)54(40-18-4-3-5-19-40)49-24-12-16-37-14-6-8-20-43(37)49/h3-35H,1-2H3. The van der Waals surface area contributed by atoms with E-state index in [0.29, 0.717) is 0 Å². The van der Waals surface area contributed by atoms with Gasteiger partial charge in [-0.1, -0.05) is 147 Å². The molecule has 1 heterocycles. The molecule has 3 heteroatoms. The van der Waals surface area contributed by atoms with Crippen molar-refractivity contribution in [3.63, 3.8) is 0 Å². The molecule has 0 aliphatic heterocycles. The van der Waals surface area contributed by atoms with Crippen molar-refractivity contribution >= 4 is 55.8 Å². The molecule has 0 radical (unpaired) electrons. The van der Waals surface area contributed by atoms with Crippen LogP contribution in [-0.4, -0.2) is 4.98 Å². The fourth-order valence-corrected chi connectivity index (χ4v) is 8.53. The largest absolute Gasteiger partial charge is 0.310 e. The Bertz CT molecular complexity index is 2830. The molecule has 0 spiro atoms. The van der Waals surface area contributed by atoms with Gasteiger partial charge >= 0.3 is 0 Å². The minimum absolute atomic E-state index is 0.112. The highest BCUT2D eigenvalue weighted by molar-refractivity contribution is 6.00. The van der Waals surface area contributed by atoms with Gasteiger partial charge in [0, 0.05) is 45.0 Å². The Morgan fingerprint density at radius 3 is 1.64 bits per heavy atom. The first-order valence-corrected chi connectivity index (χ1v) is 19.0. The third-order valence-electron chi connectivity index (χ3n) is 11.3. The quantitative estimate of drug-likeness (QED) is 0.165. The Hall–Kier alpha value is -6.97. The van der Waals surface area contributed by atoms with Gasteiger partial charge in [-0.25, -0.2) is 4.98 Å². The zero-order valence-electron chi connectivity index (χ0n) is 30.9. The molecule has 55 heavy (non-hydrogen) atoms. The molecular weight excluding hydrogens is 667 g/mol. The normalized spacial score (nSPS) is 12.7. The van der Waals surface area contributed by atoms with Gasteiger partial charge in [-0.2, -0.15) is 0 Å². The number of rotatable bonds is 7. The number of benzene rings is 8. The van der Waals surface area contributed by atoms with Gasteiger partial charge in [0.1, 0.15) is 5.82 Å². The Morgan fingerprint density at radius 1 is 0.400 bits per heavy atom. The van der Waals surface area contributed by atoms with Crippen molar-refractivity contribution < 1.29 is 0 Å². The Balaban J connectivity index is 1.04. The smallest absolute Gasteiger partial charge is 0.137 e. The summed E-state index contributed by atoms with van der Waals surface area (Å²) in [7, 11) is 0. The van der Waals surface area contributed by atoms with Crippen molar-refractivity contribution in [1.29, 1.82) is 0 Å². The lowest BCUT2D eigenvalue weighted by Gasteiger charge is -2.28. The molecule has 262 valence electrons. The van der Waals surface area contributed by atoms with E-state index in [0.717, 1.165) is 45.4 Å². The molecule has 1 aromatic heterocycles. The van der Waals surface area contributed by atoms with Gasteiger partial charge in [-0.15, -0.1) is 0 Å². The van der Waals surface area contributed by atoms with Gasteiger partial charge in [0.2, 0.25) is 0 Å². The number of aromatic nitrogens is 1. The molecule has 1 aliphatic carbocycles. The molecule has 0 N–H and O–H groups in total. The van der Waals surface area contributed by atoms with Crippen molar-refractivity contribution in [2.24, 2.45) is 0 Å². The summed E-state index contributed by atoms with van der Waals surface area (Å²) in [6.45, 7) is 4.67. The molecule has 8 aromatic carbocycles. The average Bonchev–Trinajstić information content (AvgIpc) is 3.47. The maximum atomic E-state index is 5.19. The van der Waals surface area contributed by atoms with Gasteiger partial charge < -0.3 is 4.90 Å². The van der Waals surface area contributed by atoms with Crippen LogP contribution < -0.4 is 9.80 Å². The van der Waals surface area contributed by atoms with Crippen LogP contribution in [0.4, 0.5) is 34.3 Å². The van der Waals surface area contributed by atoms with E-state index in [1.54, 1.807) is 0 Å². The van der Waals surface area contributed by atoms with Crippen LogP contribution in [0.1, 0.15) is 25.0 Å². The molecule has 0 saturated carbocycles. The monoisotopic (exact) mass is 705 g/mol. The minimum atomic E-state index is -0.112. The first-order valence-electron chi connectivity index (χ1n) is 19.0. The SMILES string of the molecule is CC1(C)c2ccccc2-c2ccc(N(c3ccc(-c4ccc(N(c5ccccc5)c5cccc6ccccc56)cc4)cn3)c3cccc4ccccc34)cc21. The van der Waals surface area contributed by atoms with E-state index in [1.807, 2.05) is 6.20 Å². The van der Waals surface area contributed by atoms with Gasteiger partial charge in [-0.05, 0) is 99.3 Å². The molecule has 0 atom stereocenters. The van der Waals surface area contributed by atoms with Gasteiger partial charge in [0.15, 0.2) is 0 Å². The summed E-state index contributed by atoms with van der Waals surface area (Å²) in [6.07, 6.45) is 2.01. The van der Waals surface area contributed by atoms with Gasteiger partial charge in [-0.3, -0.25) is 4.90 Å². The number of nitrogens with zero attached hydrogens (tertiary/aromatic N) is 3. The van der Waals surface area contributed by atoms with E-state index >= 15 is 0 Å². The van der Waals surface area contributed by atoms with E-state index in [2.05, 4.69) is 218 Å². The van der Waals surface area contributed by atoms with Crippen molar-refractivity contribution in [2.75, 3.05) is 9.80 Å². The Kier molecular flexibility index (Phi) is 7.81. The Morgan fingerprint density at radius 2 is 0.945 bits per heavy atom. The summed E-state index contributed by atoms with van der Waals surface area (Å²) < 4.78 is 0. The zero-order valence-corrected chi connectivity index (χ0v) is 30.9. The second-order valence-electron chi connectivity index (χ2n) is 14.9. The second kappa shape index (κ2) is 13.2. The second-order valence-corrected chi connectivity index (χ2v) is 14.9.